The van der Waals surface area contributed by atoms with Crippen LogP contribution in [0.4, 0.5) is 19.0 Å². The molecule has 0 bridgehead atoms. The lowest BCUT2D eigenvalue weighted by molar-refractivity contribution is -0.141. The van der Waals surface area contributed by atoms with Gasteiger partial charge in [0.2, 0.25) is 0 Å². The minimum Gasteiger partial charge on any atom is -0.382 e. The number of halogens is 3. The normalized spacial score (nSPS) is 11.1. The first-order chi connectivity index (χ1) is 8.99. The van der Waals surface area contributed by atoms with Crippen LogP contribution in [0.1, 0.15) is 24.6 Å². The third kappa shape index (κ3) is 4.75. The second-order valence-corrected chi connectivity index (χ2v) is 3.68. The first-order valence-corrected chi connectivity index (χ1v) is 5.79. The molecule has 1 aromatic heterocycles. The van der Waals surface area contributed by atoms with Crippen LogP contribution in [0.15, 0.2) is 12.1 Å². The number of nitrogens with one attached hydrogen (secondary N) is 1. The van der Waals surface area contributed by atoms with Crippen LogP contribution in [0, 0.1) is 11.3 Å². The van der Waals surface area contributed by atoms with Crippen molar-refractivity contribution >= 4 is 5.82 Å². The van der Waals surface area contributed by atoms with Gasteiger partial charge in [0.05, 0.1) is 5.56 Å². The Morgan fingerprint density at radius 2 is 2.16 bits per heavy atom. The van der Waals surface area contributed by atoms with Crippen molar-refractivity contribution in [2.24, 2.45) is 0 Å². The van der Waals surface area contributed by atoms with E-state index in [9.17, 15) is 13.2 Å². The minimum absolute atomic E-state index is 0.0474. The van der Waals surface area contributed by atoms with Gasteiger partial charge in [-0.05, 0) is 25.5 Å². The first-order valence-electron chi connectivity index (χ1n) is 5.79. The predicted octanol–water partition coefficient (Wildman–Crippen LogP) is 2.81. The lowest BCUT2D eigenvalue weighted by Crippen LogP contribution is -2.13. The molecule has 0 saturated carbocycles. The van der Waals surface area contributed by atoms with Gasteiger partial charge in [0.1, 0.15) is 17.6 Å². The minimum atomic E-state index is -4.52. The Bertz CT molecular complexity index is 455. The highest BCUT2D eigenvalue weighted by Crippen LogP contribution is 2.29. The standard InChI is InChI=1S/C12H14F3N3O/c1-2-19-7-3-6-17-11-9(8-16)4-5-10(18-11)12(13,14)15/h4-5H,2-3,6-7H2,1H3,(H,17,18). The Balaban J connectivity index is 2.72. The summed E-state index contributed by atoms with van der Waals surface area (Å²) in [7, 11) is 0. The van der Waals surface area contributed by atoms with Crippen LogP contribution in [0.2, 0.25) is 0 Å². The summed E-state index contributed by atoms with van der Waals surface area (Å²) in [5.74, 6) is -0.0474. The van der Waals surface area contributed by atoms with Gasteiger partial charge < -0.3 is 10.1 Å². The van der Waals surface area contributed by atoms with Crippen molar-refractivity contribution in [2.45, 2.75) is 19.5 Å². The van der Waals surface area contributed by atoms with Crippen molar-refractivity contribution in [1.82, 2.24) is 4.98 Å². The van der Waals surface area contributed by atoms with Gasteiger partial charge in [-0.2, -0.15) is 18.4 Å². The number of hydrogen-bond donors (Lipinski definition) is 1. The Labute approximate surface area is 109 Å². The quantitative estimate of drug-likeness (QED) is 0.810. The Hall–Kier alpha value is -1.81. The van der Waals surface area contributed by atoms with Gasteiger partial charge >= 0.3 is 6.18 Å². The average Bonchev–Trinajstić information content (AvgIpc) is 2.37. The van der Waals surface area contributed by atoms with Crippen LogP contribution in [0.3, 0.4) is 0 Å². The highest BCUT2D eigenvalue weighted by Gasteiger charge is 2.33. The van der Waals surface area contributed by atoms with Gasteiger partial charge in [-0.25, -0.2) is 4.98 Å². The second kappa shape index (κ2) is 6.95. The summed E-state index contributed by atoms with van der Waals surface area (Å²) in [4.78, 5) is 3.43. The van der Waals surface area contributed by atoms with Crippen molar-refractivity contribution in [3.63, 3.8) is 0 Å². The van der Waals surface area contributed by atoms with E-state index in [1.165, 1.54) is 0 Å². The molecule has 1 aromatic rings. The molecule has 0 saturated heterocycles. The highest BCUT2D eigenvalue weighted by molar-refractivity contribution is 5.52. The van der Waals surface area contributed by atoms with Crippen LogP contribution in [-0.4, -0.2) is 24.7 Å². The van der Waals surface area contributed by atoms with Gasteiger partial charge in [0, 0.05) is 19.8 Å². The van der Waals surface area contributed by atoms with Gasteiger partial charge in [-0.3, -0.25) is 0 Å². The molecule has 0 spiro atoms. The molecule has 1 rings (SSSR count). The van der Waals surface area contributed by atoms with Crippen LogP contribution in [0.25, 0.3) is 0 Å². The van der Waals surface area contributed by atoms with E-state index in [4.69, 9.17) is 10.00 Å². The molecule has 0 aliphatic carbocycles. The zero-order chi connectivity index (χ0) is 14.3. The monoisotopic (exact) mass is 273 g/mol. The third-order valence-electron chi connectivity index (χ3n) is 2.27. The fraction of sp³-hybridized carbons (Fsp3) is 0.500. The molecule has 4 nitrogen and oxygen atoms in total. The lowest BCUT2D eigenvalue weighted by atomic mass is 10.2. The van der Waals surface area contributed by atoms with Crippen molar-refractivity contribution in [2.75, 3.05) is 25.1 Å². The third-order valence-corrected chi connectivity index (χ3v) is 2.27. The largest absolute Gasteiger partial charge is 0.433 e. The number of aromatic nitrogens is 1. The predicted molar refractivity (Wildman–Crippen MR) is 63.6 cm³/mol. The molecule has 0 unspecified atom stereocenters. The summed E-state index contributed by atoms with van der Waals surface area (Å²) in [6, 6.07) is 3.71. The maximum Gasteiger partial charge on any atom is 0.433 e. The zero-order valence-corrected chi connectivity index (χ0v) is 10.4. The lowest BCUT2D eigenvalue weighted by Gasteiger charge is -2.11. The van der Waals surface area contributed by atoms with Gasteiger partial charge in [0.15, 0.2) is 0 Å². The van der Waals surface area contributed by atoms with Crippen LogP contribution in [0.5, 0.6) is 0 Å². The fourth-order valence-electron chi connectivity index (χ4n) is 1.37. The Kier molecular flexibility index (Phi) is 5.57. The molecule has 104 valence electrons. The maximum absolute atomic E-state index is 12.5. The van der Waals surface area contributed by atoms with Crippen molar-refractivity contribution < 1.29 is 17.9 Å². The fourth-order valence-corrected chi connectivity index (χ4v) is 1.37. The summed E-state index contributed by atoms with van der Waals surface area (Å²) < 4.78 is 42.6. The topological polar surface area (TPSA) is 57.9 Å². The van der Waals surface area contributed by atoms with E-state index in [2.05, 4.69) is 10.3 Å². The molecule has 0 aliphatic rings. The number of rotatable bonds is 6. The molecule has 7 heteroatoms. The number of pyridine rings is 1. The van der Waals surface area contributed by atoms with Crippen LogP contribution in [-0.2, 0) is 10.9 Å². The number of nitriles is 1. The molecule has 1 heterocycles. The summed E-state index contributed by atoms with van der Waals surface area (Å²) in [5, 5.41) is 11.5. The molecular weight excluding hydrogens is 259 g/mol. The Morgan fingerprint density at radius 3 is 2.74 bits per heavy atom. The molecule has 0 fully saturated rings. The first kappa shape index (κ1) is 15.2. The molecule has 0 atom stereocenters. The van der Waals surface area contributed by atoms with Crippen LogP contribution < -0.4 is 5.32 Å². The molecular formula is C12H14F3N3O. The maximum atomic E-state index is 12.5. The molecule has 0 radical (unpaired) electrons. The van der Waals surface area contributed by atoms with Gasteiger partial charge in [0.25, 0.3) is 0 Å². The van der Waals surface area contributed by atoms with E-state index in [-0.39, 0.29) is 11.4 Å². The number of nitrogens with zero attached hydrogens (tertiary/aromatic N) is 2. The SMILES string of the molecule is CCOCCCNc1nc(C(F)(F)F)ccc1C#N. The molecule has 0 aliphatic heterocycles. The van der Waals surface area contributed by atoms with E-state index >= 15 is 0 Å². The smallest absolute Gasteiger partial charge is 0.382 e. The number of anilines is 1. The van der Waals surface area contributed by atoms with Gasteiger partial charge in [-0.1, -0.05) is 0 Å². The molecule has 1 N–H and O–H groups in total. The second-order valence-electron chi connectivity index (χ2n) is 3.68. The van der Waals surface area contributed by atoms with E-state index in [1.54, 1.807) is 6.07 Å². The summed E-state index contributed by atoms with van der Waals surface area (Å²) >= 11 is 0. The Morgan fingerprint density at radius 1 is 1.42 bits per heavy atom. The van der Waals surface area contributed by atoms with Crippen molar-refractivity contribution in [1.29, 1.82) is 5.26 Å². The zero-order valence-electron chi connectivity index (χ0n) is 10.4. The summed E-state index contributed by atoms with van der Waals surface area (Å²) in [5.41, 5.74) is -0.928. The van der Waals surface area contributed by atoms with Crippen molar-refractivity contribution in [3.8, 4) is 6.07 Å². The number of alkyl halides is 3. The van der Waals surface area contributed by atoms with E-state index in [0.717, 1.165) is 12.1 Å². The van der Waals surface area contributed by atoms with Crippen molar-refractivity contribution in [3.05, 3.63) is 23.4 Å². The number of hydrogen-bond acceptors (Lipinski definition) is 4. The summed E-state index contributed by atoms with van der Waals surface area (Å²) in [6.07, 6.45) is -3.90. The number of ether oxygens (including phenoxy) is 1. The summed E-state index contributed by atoms with van der Waals surface area (Å²) in [6.45, 7) is 3.34. The van der Waals surface area contributed by atoms with Gasteiger partial charge in [-0.15, -0.1) is 0 Å². The highest BCUT2D eigenvalue weighted by atomic mass is 19.4. The average molecular weight is 273 g/mol. The van der Waals surface area contributed by atoms with Crippen LogP contribution >= 0.6 is 0 Å². The molecule has 0 amide bonds. The van der Waals surface area contributed by atoms with E-state index in [0.29, 0.717) is 26.2 Å². The molecule has 19 heavy (non-hydrogen) atoms. The van der Waals surface area contributed by atoms with E-state index in [1.807, 2.05) is 6.92 Å². The molecule has 0 aromatic carbocycles. The van der Waals surface area contributed by atoms with E-state index < -0.39 is 11.9 Å².